The zero-order valence-electron chi connectivity index (χ0n) is 11.9. The van der Waals surface area contributed by atoms with Crippen LogP contribution < -0.4 is 4.31 Å². The number of hydrogen-bond donors (Lipinski definition) is 2. The van der Waals surface area contributed by atoms with E-state index in [1.807, 2.05) is 6.92 Å². The van der Waals surface area contributed by atoms with E-state index in [1.54, 1.807) is 0 Å². The number of phenolic OH excluding ortho intramolecular Hbond substituents is 2. The molecule has 0 aliphatic carbocycles. The first kappa shape index (κ1) is 16.5. The first-order valence-electron chi connectivity index (χ1n) is 6.66. The van der Waals surface area contributed by atoms with Crippen LogP contribution in [-0.2, 0) is 10.0 Å². The Morgan fingerprint density at radius 3 is 2.27 bits per heavy atom. The molecule has 2 rings (SSSR count). The van der Waals surface area contributed by atoms with Gasteiger partial charge in [0.25, 0.3) is 10.0 Å². The van der Waals surface area contributed by atoms with Crippen molar-refractivity contribution in [3.05, 3.63) is 47.5 Å². The SMILES string of the molecule is CCCN(c1ccc(O)c(Cl)c1)S(=O)(=O)c1ccc(O)cc1. The number of phenols is 2. The Morgan fingerprint density at radius 2 is 1.73 bits per heavy atom. The molecule has 0 aromatic heterocycles. The van der Waals surface area contributed by atoms with Gasteiger partial charge in [-0.05, 0) is 48.9 Å². The van der Waals surface area contributed by atoms with E-state index in [-0.39, 0.29) is 28.0 Å². The van der Waals surface area contributed by atoms with Crippen molar-refractivity contribution in [1.82, 2.24) is 0 Å². The summed E-state index contributed by atoms with van der Waals surface area (Å²) in [4.78, 5) is 0.0722. The third-order valence-corrected chi connectivity index (χ3v) is 5.21. The topological polar surface area (TPSA) is 77.8 Å². The smallest absolute Gasteiger partial charge is 0.264 e. The van der Waals surface area contributed by atoms with Crippen molar-refractivity contribution in [3.63, 3.8) is 0 Å². The van der Waals surface area contributed by atoms with Crippen LogP contribution in [0.25, 0.3) is 0 Å². The van der Waals surface area contributed by atoms with Crippen LogP contribution >= 0.6 is 11.6 Å². The molecule has 0 atom stereocenters. The molecule has 0 bridgehead atoms. The molecule has 0 fully saturated rings. The Hall–Kier alpha value is -1.92. The van der Waals surface area contributed by atoms with Gasteiger partial charge in [0.2, 0.25) is 0 Å². The molecule has 2 aromatic carbocycles. The number of sulfonamides is 1. The first-order valence-corrected chi connectivity index (χ1v) is 8.48. The summed E-state index contributed by atoms with van der Waals surface area (Å²) < 4.78 is 26.8. The molecule has 0 unspecified atom stereocenters. The van der Waals surface area contributed by atoms with Crippen LogP contribution in [0, 0.1) is 0 Å². The van der Waals surface area contributed by atoms with Crippen molar-refractivity contribution >= 4 is 27.3 Å². The highest BCUT2D eigenvalue weighted by atomic mass is 35.5. The van der Waals surface area contributed by atoms with Crippen LogP contribution in [-0.4, -0.2) is 25.2 Å². The van der Waals surface area contributed by atoms with Crippen molar-refractivity contribution in [2.24, 2.45) is 0 Å². The number of aromatic hydroxyl groups is 2. The third-order valence-electron chi connectivity index (χ3n) is 3.07. The number of rotatable bonds is 5. The van der Waals surface area contributed by atoms with Gasteiger partial charge in [0.15, 0.2) is 0 Å². The summed E-state index contributed by atoms with van der Waals surface area (Å²) in [5.74, 6) is -0.113. The summed E-state index contributed by atoms with van der Waals surface area (Å²) in [6, 6.07) is 9.58. The highest BCUT2D eigenvalue weighted by molar-refractivity contribution is 7.92. The summed E-state index contributed by atoms with van der Waals surface area (Å²) in [6.07, 6.45) is 0.607. The Morgan fingerprint density at radius 1 is 1.09 bits per heavy atom. The Balaban J connectivity index is 2.50. The van der Waals surface area contributed by atoms with Gasteiger partial charge in [0.1, 0.15) is 11.5 Å². The molecule has 0 spiro atoms. The summed E-state index contributed by atoms with van der Waals surface area (Å²) in [6.45, 7) is 2.13. The van der Waals surface area contributed by atoms with Crippen molar-refractivity contribution in [2.45, 2.75) is 18.2 Å². The van der Waals surface area contributed by atoms with E-state index in [1.165, 1.54) is 46.8 Å². The summed E-state index contributed by atoms with van der Waals surface area (Å²) in [5, 5.41) is 18.9. The van der Waals surface area contributed by atoms with Crippen LogP contribution in [0.4, 0.5) is 5.69 Å². The van der Waals surface area contributed by atoms with Gasteiger partial charge in [-0.2, -0.15) is 0 Å². The van der Waals surface area contributed by atoms with E-state index in [9.17, 15) is 18.6 Å². The minimum Gasteiger partial charge on any atom is -0.508 e. The number of benzene rings is 2. The molecule has 0 saturated heterocycles. The van der Waals surface area contributed by atoms with Crippen LogP contribution in [0.3, 0.4) is 0 Å². The molecule has 22 heavy (non-hydrogen) atoms. The molecule has 2 aromatic rings. The highest BCUT2D eigenvalue weighted by Gasteiger charge is 2.24. The lowest BCUT2D eigenvalue weighted by atomic mass is 10.3. The summed E-state index contributed by atoms with van der Waals surface area (Å²) >= 11 is 5.87. The van der Waals surface area contributed by atoms with Gasteiger partial charge in [0.05, 0.1) is 15.6 Å². The average Bonchev–Trinajstić information content (AvgIpc) is 2.48. The highest BCUT2D eigenvalue weighted by Crippen LogP contribution is 2.31. The van der Waals surface area contributed by atoms with Gasteiger partial charge in [-0.3, -0.25) is 4.31 Å². The fourth-order valence-electron chi connectivity index (χ4n) is 1.99. The molecular formula is C15H16ClNO4S. The van der Waals surface area contributed by atoms with Gasteiger partial charge in [0, 0.05) is 6.54 Å². The monoisotopic (exact) mass is 341 g/mol. The third kappa shape index (κ3) is 3.28. The van der Waals surface area contributed by atoms with Crippen LogP contribution in [0.2, 0.25) is 5.02 Å². The number of halogens is 1. The normalized spacial score (nSPS) is 11.4. The first-order chi connectivity index (χ1) is 10.4. The number of anilines is 1. The van der Waals surface area contributed by atoms with E-state index in [2.05, 4.69) is 0 Å². The summed E-state index contributed by atoms with van der Waals surface area (Å²) in [7, 11) is -3.78. The maximum atomic E-state index is 12.8. The maximum Gasteiger partial charge on any atom is 0.264 e. The minimum absolute atomic E-state index is 0.00586. The van der Waals surface area contributed by atoms with Gasteiger partial charge in [-0.15, -0.1) is 0 Å². The fourth-order valence-corrected chi connectivity index (χ4v) is 3.71. The van der Waals surface area contributed by atoms with Gasteiger partial charge in [-0.1, -0.05) is 18.5 Å². The van der Waals surface area contributed by atoms with Crippen LogP contribution in [0.15, 0.2) is 47.4 Å². The van der Waals surface area contributed by atoms with Crippen LogP contribution in [0.5, 0.6) is 11.5 Å². The second kappa shape index (κ2) is 6.46. The van der Waals surface area contributed by atoms with Gasteiger partial charge in [-0.25, -0.2) is 8.42 Å². The van der Waals surface area contributed by atoms with E-state index >= 15 is 0 Å². The molecule has 0 saturated carbocycles. The van der Waals surface area contributed by atoms with E-state index in [0.717, 1.165) is 0 Å². The van der Waals surface area contributed by atoms with Gasteiger partial charge >= 0.3 is 0 Å². The second-order valence-electron chi connectivity index (χ2n) is 4.71. The zero-order chi connectivity index (χ0) is 16.3. The molecule has 2 N–H and O–H groups in total. The Bertz CT molecular complexity index is 760. The largest absolute Gasteiger partial charge is 0.508 e. The Labute approximate surface area is 134 Å². The molecule has 5 nitrogen and oxygen atoms in total. The number of nitrogens with zero attached hydrogens (tertiary/aromatic N) is 1. The number of hydrogen-bond acceptors (Lipinski definition) is 4. The molecule has 0 aliphatic rings. The van der Waals surface area contributed by atoms with Crippen LogP contribution in [0.1, 0.15) is 13.3 Å². The van der Waals surface area contributed by atoms with E-state index in [4.69, 9.17) is 11.6 Å². The lowest BCUT2D eigenvalue weighted by Gasteiger charge is -2.24. The molecular weight excluding hydrogens is 326 g/mol. The van der Waals surface area contributed by atoms with Crippen molar-refractivity contribution < 1.29 is 18.6 Å². The Kier molecular flexibility index (Phi) is 4.83. The second-order valence-corrected chi connectivity index (χ2v) is 6.98. The standard InChI is InChI=1S/C15H16ClNO4S/c1-2-9-17(11-3-8-15(19)14(16)10-11)22(20,21)13-6-4-12(18)5-7-13/h3-8,10,18-19H,2,9H2,1H3. The van der Waals surface area contributed by atoms with E-state index in [0.29, 0.717) is 12.1 Å². The molecule has 0 heterocycles. The zero-order valence-corrected chi connectivity index (χ0v) is 13.5. The maximum absolute atomic E-state index is 12.8. The molecule has 0 aliphatic heterocycles. The van der Waals surface area contributed by atoms with Crippen molar-refractivity contribution in [3.8, 4) is 11.5 Å². The molecule has 118 valence electrons. The van der Waals surface area contributed by atoms with E-state index < -0.39 is 10.0 Å². The summed E-state index contributed by atoms with van der Waals surface area (Å²) in [5.41, 5.74) is 0.373. The predicted molar refractivity (Wildman–Crippen MR) is 86.0 cm³/mol. The molecule has 7 heteroatoms. The van der Waals surface area contributed by atoms with Crippen molar-refractivity contribution in [2.75, 3.05) is 10.8 Å². The minimum atomic E-state index is -3.78. The molecule has 0 amide bonds. The fraction of sp³-hybridized carbons (Fsp3) is 0.200. The predicted octanol–water partition coefficient (Wildman–Crippen LogP) is 3.36. The van der Waals surface area contributed by atoms with Crippen molar-refractivity contribution in [1.29, 1.82) is 0 Å². The lowest BCUT2D eigenvalue weighted by Crippen LogP contribution is -2.31. The average molecular weight is 342 g/mol. The lowest BCUT2D eigenvalue weighted by molar-refractivity contribution is 0.474. The quantitative estimate of drug-likeness (QED) is 0.874. The molecule has 0 radical (unpaired) electrons. The van der Waals surface area contributed by atoms with Gasteiger partial charge < -0.3 is 10.2 Å².